The average Bonchev–Trinajstić information content (AvgIpc) is 3.17. The molecule has 4 rings (SSSR count). The Morgan fingerprint density at radius 3 is 2.75 bits per heavy atom. The van der Waals surface area contributed by atoms with Gasteiger partial charge in [0.2, 0.25) is 0 Å². The molecule has 2 aromatic carbocycles. The van der Waals surface area contributed by atoms with Gasteiger partial charge in [0.1, 0.15) is 38.5 Å². The van der Waals surface area contributed by atoms with E-state index in [2.05, 4.69) is 29.6 Å². The largest absolute Gasteiger partial charge is 0.493 e. The average molecular weight is 400 g/mol. The maximum absolute atomic E-state index is 12.4. The molecule has 148 valence electrons. The first-order valence-electron chi connectivity index (χ1n) is 10.1. The van der Waals surface area contributed by atoms with Crippen molar-refractivity contribution in [2.75, 3.05) is 50.9 Å². The lowest BCUT2D eigenvalue weighted by Gasteiger charge is -2.29. The SMILES string of the molecule is CSc1cccc(NC(=O)C[NH+]2CC[NH+](Cc3ccc4c(c3)CCO4)CC2)c1. The number of hydrogen-bond donors (Lipinski definition) is 3. The third-order valence-electron chi connectivity index (χ3n) is 5.64. The number of nitrogens with one attached hydrogen (secondary N) is 3. The molecule has 2 heterocycles. The quantitative estimate of drug-likeness (QED) is 0.611. The van der Waals surface area contributed by atoms with Crippen molar-refractivity contribution < 1.29 is 19.3 Å². The van der Waals surface area contributed by atoms with Crippen LogP contribution in [0.2, 0.25) is 0 Å². The van der Waals surface area contributed by atoms with Crippen LogP contribution in [0.25, 0.3) is 0 Å². The van der Waals surface area contributed by atoms with Crippen molar-refractivity contribution >= 4 is 23.4 Å². The Labute approximate surface area is 171 Å². The Morgan fingerprint density at radius 2 is 1.93 bits per heavy atom. The first kappa shape index (κ1) is 19.3. The minimum atomic E-state index is 0.107. The lowest BCUT2D eigenvalue weighted by Crippen LogP contribution is -3.28. The van der Waals surface area contributed by atoms with E-state index in [4.69, 9.17) is 4.74 Å². The molecule has 0 bridgehead atoms. The van der Waals surface area contributed by atoms with Gasteiger partial charge in [-0.3, -0.25) is 4.79 Å². The minimum absolute atomic E-state index is 0.107. The van der Waals surface area contributed by atoms with E-state index in [1.807, 2.05) is 24.5 Å². The highest BCUT2D eigenvalue weighted by Gasteiger charge is 2.25. The maximum atomic E-state index is 12.4. The zero-order chi connectivity index (χ0) is 19.3. The molecule has 2 aromatic rings. The van der Waals surface area contributed by atoms with Crippen molar-refractivity contribution in [3.63, 3.8) is 0 Å². The van der Waals surface area contributed by atoms with E-state index in [-0.39, 0.29) is 5.91 Å². The van der Waals surface area contributed by atoms with E-state index < -0.39 is 0 Å². The third kappa shape index (κ3) is 4.87. The summed E-state index contributed by atoms with van der Waals surface area (Å²) in [6, 6.07) is 14.7. The highest BCUT2D eigenvalue weighted by atomic mass is 32.2. The fraction of sp³-hybridized carbons (Fsp3) is 0.409. The summed E-state index contributed by atoms with van der Waals surface area (Å²) in [6.45, 7) is 6.73. The van der Waals surface area contributed by atoms with E-state index in [0.29, 0.717) is 6.54 Å². The summed E-state index contributed by atoms with van der Waals surface area (Å²) in [5.41, 5.74) is 3.64. The summed E-state index contributed by atoms with van der Waals surface area (Å²) < 4.78 is 5.60. The van der Waals surface area contributed by atoms with Crippen LogP contribution < -0.4 is 19.9 Å². The Balaban J connectivity index is 1.23. The lowest BCUT2D eigenvalue weighted by molar-refractivity contribution is -1.02. The Morgan fingerprint density at radius 1 is 1.11 bits per heavy atom. The van der Waals surface area contributed by atoms with Gasteiger partial charge in [-0.15, -0.1) is 11.8 Å². The molecule has 0 aromatic heterocycles. The van der Waals surface area contributed by atoms with E-state index in [1.54, 1.807) is 16.7 Å². The molecule has 0 radical (unpaired) electrons. The lowest BCUT2D eigenvalue weighted by atomic mass is 10.1. The van der Waals surface area contributed by atoms with E-state index in [0.717, 1.165) is 57.2 Å². The standard InChI is InChI=1S/C22H27N3O2S/c1-28-20-4-2-3-19(14-20)23-22(26)16-25-10-8-24(9-11-25)15-17-5-6-21-18(13-17)7-12-27-21/h2-6,13-14H,7-12,15-16H2,1H3,(H,23,26)/p+2. The van der Waals surface area contributed by atoms with E-state index in [1.165, 1.54) is 20.9 Å². The molecule has 3 N–H and O–H groups in total. The molecule has 6 heteroatoms. The number of anilines is 1. The predicted octanol–water partition coefficient (Wildman–Crippen LogP) is 0.266. The van der Waals surface area contributed by atoms with Gasteiger partial charge in [-0.05, 0) is 48.2 Å². The molecule has 0 aliphatic carbocycles. The number of thioether (sulfide) groups is 1. The second-order valence-corrected chi connectivity index (χ2v) is 8.55. The molecule has 5 nitrogen and oxygen atoms in total. The zero-order valence-electron chi connectivity index (χ0n) is 16.4. The van der Waals surface area contributed by atoms with E-state index in [9.17, 15) is 4.79 Å². The summed E-state index contributed by atoms with van der Waals surface area (Å²) in [6.07, 6.45) is 3.08. The molecule has 0 saturated carbocycles. The maximum Gasteiger partial charge on any atom is 0.279 e. The smallest absolute Gasteiger partial charge is 0.279 e. The Kier molecular flexibility index (Phi) is 6.20. The molecule has 0 atom stereocenters. The number of quaternary nitrogens is 2. The van der Waals surface area contributed by atoms with Crippen molar-refractivity contribution in [3.05, 3.63) is 53.6 Å². The van der Waals surface area contributed by atoms with Gasteiger partial charge in [0, 0.05) is 22.6 Å². The molecular formula is C22H29N3O2S+2. The summed E-state index contributed by atoms with van der Waals surface area (Å²) in [4.78, 5) is 16.6. The normalized spacial score (nSPS) is 21.0. The Bertz CT molecular complexity index is 834. The number of fused-ring (bicyclic) bond motifs is 1. The van der Waals surface area contributed by atoms with Crippen molar-refractivity contribution in [1.82, 2.24) is 0 Å². The number of piperazine rings is 1. The van der Waals surface area contributed by atoms with Crippen molar-refractivity contribution in [1.29, 1.82) is 0 Å². The minimum Gasteiger partial charge on any atom is -0.493 e. The van der Waals surface area contributed by atoms with Crippen LogP contribution in [-0.4, -0.2) is 51.5 Å². The molecule has 1 fully saturated rings. The van der Waals surface area contributed by atoms with Crippen LogP contribution in [0.1, 0.15) is 11.1 Å². The predicted molar refractivity (Wildman–Crippen MR) is 112 cm³/mol. The fourth-order valence-electron chi connectivity index (χ4n) is 4.08. The highest BCUT2D eigenvalue weighted by molar-refractivity contribution is 7.98. The number of amides is 1. The van der Waals surface area contributed by atoms with Crippen LogP contribution in [0.3, 0.4) is 0 Å². The van der Waals surface area contributed by atoms with Gasteiger partial charge in [0.25, 0.3) is 5.91 Å². The van der Waals surface area contributed by atoms with Gasteiger partial charge in [-0.2, -0.15) is 0 Å². The van der Waals surface area contributed by atoms with E-state index >= 15 is 0 Å². The highest BCUT2D eigenvalue weighted by Crippen LogP contribution is 2.25. The molecule has 0 spiro atoms. The van der Waals surface area contributed by atoms with Crippen LogP contribution in [0.5, 0.6) is 5.75 Å². The molecule has 1 amide bonds. The monoisotopic (exact) mass is 399 g/mol. The number of hydrogen-bond acceptors (Lipinski definition) is 3. The molecule has 28 heavy (non-hydrogen) atoms. The van der Waals surface area contributed by atoms with Crippen molar-refractivity contribution in [2.45, 2.75) is 17.9 Å². The van der Waals surface area contributed by atoms with Crippen LogP contribution >= 0.6 is 11.8 Å². The number of carbonyl (C=O) groups excluding carboxylic acids is 1. The van der Waals surface area contributed by atoms with Gasteiger partial charge in [0.05, 0.1) is 6.61 Å². The number of benzene rings is 2. The van der Waals surface area contributed by atoms with Gasteiger partial charge in [-0.1, -0.05) is 6.07 Å². The Hall–Kier alpha value is -2.02. The molecule has 2 aliphatic heterocycles. The van der Waals surface area contributed by atoms with Crippen molar-refractivity contribution in [3.8, 4) is 5.75 Å². The topological polar surface area (TPSA) is 47.2 Å². The molecule has 2 aliphatic rings. The first-order chi connectivity index (χ1) is 13.7. The second-order valence-electron chi connectivity index (χ2n) is 7.67. The molecule has 1 saturated heterocycles. The molecular weight excluding hydrogens is 370 g/mol. The van der Waals surface area contributed by atoms with Crippen molar-refractivity contribution in [2.24, 2.45) is 0 Å². The third-order valence-corrected chi connectivity index (χ3v) is 6.36. The van der Waals surface area contributed by atoms with Crippen LogP contribution in [0.4, 0.5) is 5.69 Å². The molecule has 0 unspecified atom stereocenters. The van der Waals surface area contributed by atoms with Crippen LogP contribution in [0, 0.1) is 0 Å². The van der Waals surface area contributed by atoms with Gasteiger partial charge < -0.3 is 19.9 Å². The zero-order valence-corrected chi connectivity index (χ0v) is 17.2. The second kappa shape index (κ2) is 8.99. The van der Waals surface area contributed by atoms with Gasteiger partial charge in [0.15, 0.2) is 6.54 Å². The number of rotatable bonds is 6. The van der Waals surface area contributed by atoms with Gasteiger partial charge in [-0.25, -0.2) is 0 Å². The number of ether oxygens (including phenoxy) is 1. The number of carbonyl (C=O) groups is 1. The van der Waals surface area contributed by atoms with Crippen LogP contribution in [0.15, 0.2) is 47.4 Å². The fourth-order valence-corrected chi connectivity index (χ4v) is 4.54. The first-order valence-corrected chi connectivity index (χ1v) is 11.3. The summed E-state index contributed by atoms with van der Waals surface area (Å²) in [5, 5.41) is 3.05. The summed E-state index contributed by atoms with van der Waals surface area (Å²) >= 11 is 1.69. The summed E-state index contributed by atoms with van der Waals surface area (Å²) in [7, 11) is 0. The van der Waals surface area contributed by atoms with Crippen LogP contribution in [-0.2, 0) is 17.8 Å². The summed E-state index contributed by atoms with van der Waals surface area (Å²) in [5.74, 6) is 1.16. The van der Waals surface area contributed by atoms with Gasteiger partial charge >= 0.3 is 0 Å².